The first-order chi connectivity index (χ1) is 12.9. The van der Waals surface area contributed by atoms with Crippen LogP contribution in [0.1, 0.15) is 59.3 Å². The molecule has 4 fully saturated rings. The zero-order valence-electron chi connectivity index (χ0n) is 16.4. The number of carbonyl (C=O) groups excluding carboxylic acids is 1. The minimum atomic E-state index is -0.669. The van der Waals surface area contributed by atoms with Gasteiger partial charge in [0.1, 0.15) is 31.0 Å². The summed E-state index contributed by atoms with van der Waals surface area (Å²) >= 11 is 0. The lowest BCUT2D eigenvalue weighted by Gasteiger charge is -2.36. The van der Waals surface area contributed by atoms with Gasteiger partial charge in [-0.05, 0) is 32.6 Å². The standard InChI is InChI=1S/C20H30O7/c1-5-19(6-2)26-16-15-14(24-20(25-15)9-7-8-10-20)13(23-18(16)27-19)11-22-17(21)12(3)4/h13-16,18H,3,5-11H2,1-2,4H3/t13?,14-,15?,16-,18-/m1/s1. The molecular weight excluding hydrogens is 352 g/mol. The van der Waals surface area contributed by atoms with Crippen molar-refractivity contribution in [1.82, 2.24) is 0 Å². The van der Waals surface area contributed by atoms with E-state index in [9.17, 15) is 4.79 Å². The summed E-state index contributed by atoms with van der Waals surface area (Å²) in [4.78, 5) is 11.8. The Morgan fingerprint density at radius 3 is 2.33 bits per heavy atom. The number of carbonyl (C=O) groups is 1. The molecule has 4 rings (SSSR count). The molecule has 0 N–H and O–H groups in total. The third-order valence-corrected chi connectivity index (χ3v) is 6.14. The van der Waals surface area contributed by atoms with E-state index in [-0.39, 0.29) is 24.9 Å². The van der Waals surface area contributed by atoms with Crippen LogP contribution in [0, 0.1) is 0 Å². The van der Waals surface area contributed by atoms with Crippen molar-refractivity contribution in [2.75, 3.05) is 6.61 Å². The van der Waals surface area contributed by atoms with Gasteiger partial charge >= 0.3 is 5.97 Å². The van der Waals surface area contributed by atoms with Crippen LogP contribution in [0.3, 0.4) is 0 Å². The fourth-order valence-electron chi connectivity index (χ4n) is 4.53. The molecule has 1 spiro atoms. The molecule has 0 bridgehead atoms. The fourth-order valence-corrected chi connectivity index (χ4v) is 4.53. The monoisotopic (exact) mass is 382 g/mol. The van der Waals surface area contributed by atoms with Gasteiger partial charge in [-0.1, -0.05) is 20.4 Å². The Morgan fingerprint density at radius 2 is 1.70 bits per heavy atom. The molecule has 5 atom stereocenters. The van der Waals surface area contributed by atoms with E-state index >= 15 is 0 Å². The fraction of sp³-hybridized carbons (Fsp3) is 0.850. The van der Waals surface area contributed by atoms with Crippen LogP contribution in [0.15, 0.2) is 12.2 Å². The van der Waals surface area contributed by atoms with E-state index in [1.54, 1.807) is 6.92 Å². The predicted molar refractivity (Wildman–Crippen MR) is 94.7 cm³/mol. The molecule has 2 unspecified atom stereocenters. The van der Waals surface area contributed by atoms with E-state index in [0.717, 1.165) is 38.5 Å². The maximum absolute atomic E-state index is 11.8. The second kappa shape index (κ2) is 7.12. The first-order valence-corrected chi connectivity index (χ1v) is 10.1. The van der Waals surface area contributed by atoms with Crippen LogP contribution in [-0.2, 0) is 33.2 Å². The lowest BCUT2D eigenvalue weighted by molar-refractivity contribution is -0.249. The normalized spacial score (nSPS) is 38.6. The Morgan fingerprint density at radius 1 is 1.04 bits per heavy atom. The van der Waals surface area contributed by atoms with Crippen LogP contribution in [-0.4, -0.2) is 54.9 Å². The minimum Gasteiger partial charge on any atom is -0.459 e. The number of ether oxygens (including phenoxy) is 6. The van der Waals surface area contributed by atoms with Crippen molar-refractivity contribution in [2.45, 2.75) is 102 Å². The Hall–Kier alpha value is -0.990. The van der Waals surface area contributed by atoms with Crippen molar-refractivity contribution in [3.05, 3.63) is 12.2 Å². The molecule has 27 heavy (non-hydrogen) atoms. The molecule has 152 valence electrons. The highest BCUT2D eigenvalue weighted by Gasteiger charge is 2.63. The highest BCUT2D eigenvalue weighted by Crippen LogP contribution is 2.50. The van der Waals surface area contributed by atoms with Crippen molar-refractivity contribution in [1.29, 1.82) is 0 Å². The van der Waals surface area contributed by atoms with Crippen molar-refractivity contribution in [3.8, 4) is 0 Å². The van der Waals surface area contributed by atoms with Gasteiger partial charge in [0, 0.05) is 18.4 Å². The van der Waals surface area contributed by atoms with Crippen molar-refractivity contribution in [3.63, 3.8) is 0 Å². The molecule has 0 amide bonds. The summed E-state index contributed by atoms with van der Waals surface area (Å²) in [5.74, 6) is -1.68. The molecule has 0 aromatic heterocycles. The zero-order chi connectivity index (χ0) is 19.2. The van der Waals surface area contributed by atoms with Gasteiger partial charge in [-0.3, -0.25) is 0 Å². The van der Waals surface area contributed by atoms with Gasteiger partial charge in [0.2, 0.25) is 0 Å². The molecule has 3 saturated heterocycles. The smallest absolute Gasteiger partial charge is 0.333 e. The molecule has 3 heterocycles. The third kappa shape index (κ3) is 3.34. The molecule has 1 saturated carbocycles. The third-order valence-electron chi connectivity index (χ3n) is 6.14. The van der Waals surface area contributed by atoms with Gasteiger partial charge in [-0.2, -0.15) is 0 Å². The van der Waals surface area contributed by atoms with E-state index in [0.29, 0.717) is 5.57 Å². The predicted octanol–water partition coefficient (Wildman–Crippen LogP) is 2.82. The number of hydrogen-bond donors (Lipinski definition) is 0. The van der Waals surface area contributed by atoms with Crippen LogP contribution in [0.2, 0.25) is 0 Å². The molecule has 4 aliphatic rings. The van der Waals surface area contributed by atoms with Crippen molar-refractivity contribution >= 4 is 5.97 Å². The maximum atomic E-state index is 11.8. The molecular formula is C20H30O7. The Bertz CT molecular complexity index is 593. The van der Waals surface area contributed by atoms with Gasteiger partial charge in [-0.25, -0.2) is 4.79 Å². The van der Waals surface area contributed by atoms with Crippen LogP contribution < -0.4 is 0 Å². The molecule has 7 nitrogen and oxygen atoms in total. The van der Waals surface area contributed by atoms with Gasteiger partial charge < -0.3 is 28.4 Å². The van der Waals surface area contributed by atoms with Crippen LogP contribution >= 0.6 is 0 Å². The average Bonchev–Trinajstić information content (AvgIpc) is 3.36. The molecule has 7 heteroatoms. The summed E-state index contributed by atoms with van der Waals surface area (Å²) in [6.45, 7) is 9.39. The molecule has 0 aromatic rings. The summed E-state index contributed by atoms with van der Waals surface area (Å²) in [5, 5.41) is 0. The first kappa shape index (κ1) is 19.3. The van der Waals surface area contributed by atoms with Gasteiger partial charge in [0.05, 0.1) is 0 Å². The summed E-state index contributed by atoms with van der Waals surface area (Å²) in [6, 6.07) is 0. The number of esters is 1. The number of rotatable bonds is 5. The lowest BCUT2D eigenvalue weighted by atomic mass is 9.99. The van der Waals surface area contributed by atoms with Crippen molar-refractivity contribution in [2.24, 2.45) is 0 Å². The average molecular weight is 382 g/mol. The molecule has 1 aliphatic carbocycles. The summed E-state index contributed by atoms with van der Waals surface area (Å²) in [6.07, 6.45) is 3.31. The second-order valence-electron chi connectivity index (χ2n) is 8.02. The minimum absolute atomic E-state index is 0.0735. The quantitative estimate of drug-likeness (QED) is 0.535. The highest BCUT2D eigenvalue weighted by molar-refractivity contribution is 5.86. The highest BCUT2D eigenvalue weighted by atomic mass is 16.9. The Kier molecular flexibility index (Phi) is 5.10. The largest absolute Gasteiger partial charge is 0.459 e. The van der Waals surface area contributed by atoms with Crippen LogP contribution in [0.4, 0.5) is 0 Å². The maximum Gasteiger partial charge on any atom is 0.333 e. The van der Waals surface area contributed by atoms with E-state index in [1.165, 1.54) is 0 Å². The van der Waals surface area contributed by atoms with E-state index in [4.69, 9.17) is 28.4 Å². The van der Waals surface area contributed by atoms with Crippen LogP contribution in [0.5, 0.6) is 0 Å². The van der Waals surface area contributed by atoms with Gasteiger partial charge in [-0.15, -0.1) is 0 Å². The van der Waals surface area contributed by atoms with E-state index in [1.807, 2.05) is 13.8 Å². The Balaban J connectivity index is 1.55. The lowest BCUT2D eigenvalue weighted by Crippen LogP contribution is -2.56. The van der Waals surface area contributed by atoms with E-state index < -0.39 is 29.9 Å². The summed E-state index contributed by atoms with van der Waals surface area (Å²) < 4.78 is 36.8. The first-order valence-electron chi connectivity index (χ1n) is 10.1. The Labute approximate surface area is 160 Å². The number of fused-ring (bicyclic) bond motifs is 3. The summed E-state index contributed by atoms with van der Waals surface area (Å²) in [5.41, 5.74) is 0.354. The molecule has 0 aromatic carbocycles. The zero-order valence-corrected chi connectivity index (χ0v) is 16.4. The topological polar surface area (TPSA) is 72.5 Å². The molecule has 3 aliphatic heterocycles. The van der Waals surface area contributed by atoms with Gasteiger partial charge in [0.15, 0.2) is 17.9 Å². The second-order valence-corrected chi connectivity index (χ2v) is 8.02. The SMILES string of the molecule is C=C(C)C(=O)OCC1O[C@@H]2OC(CC)(CC)O[C@@H]2C2OC3(CCCC3)O[C@H]12. The number of hydrogen-bond acceptors (Lipinski definition) is 7. The van der Waals surface area contributed by atoms with Crippen molar-refractivity contribution < 1.29 is 33.2 Å². The van der Waals surface area contributed by atoms with Crippen LogP contribution in [0.25, 0.3) is 0 Å². The van der Waals surface area contributed by atoms with E-state index in [2.05, 4.69) is 6.58 Å². The molecule has 0 radical (unpaired) electrons. The summed E-state index contributed by atoms with van der Waals surface area (Å²) in [7, 11) is 0. The van der Waals surface area contributed by atoms with Gasteiger partial charge in [0.25, 0.3) is 0 Å².